The highest BCUT2D eigenvalue weighted by atomic mass is 79.9. The molecule has 1 fully saturated rings. The maximum Gasteiger partial charge on any atom is 0.256 e. The second kappa shape index (κ2) is 4.89. The molecule has 1 saturated heterocycles. The molecule has 0 aromatic heterocycles. The number of nitriles is 1. The monoisotopic (exact) mass is 292 g/mol. The second-order valence-electron chi connectivity index (χ2n) is 4.22. The normalized spacial score (nSPS) is 19.1. The van der Waals surface area contributed by atoms with Gasteiger partial charge in [-0.1, -0.05) is 12.1 Å². The first kappa shape index (κ1) is 12.1. The minimum atomic E-state index is -0.269. The van der Waals surface area contributed by atoms with E-state index < -0.39 is 0 Å². The van der Waals surface area contributed by atoms with E-state index in [0.717, 1.165) is 22.9 Å². The first-order chi connectivity index (χ1) is 8.15. The van der Waals surface area contributed by atoms with Gasteiger partial charge in [0.25, 0.3) is 5.91 Å². The molecule has 0 spiro atoms. The van der Waals surface area contributed by atoms with Crippen LogP contribution < -0.4 is 0 Å². The topological polar surface area (TPSA) is 44.1 Å². The minimum Gasteiger partial charge on any atom is -0.323 e. The average Bonchev–Trinajstić information content (AvgIpc) is 2.80. The van der Waals surface area contributed by atoms with Gasteiger partial charge >= 0.3 is 0 Å². The van der Waals surface area contributed by atoms with Gasteiger partial charge in [0.05, 0.1) is 11.6 Å². The van der Waals surface area contributed by atoms with Crippen molar-refractivity contribution in [3.8, 4) is 6.07 Å². The van der Waals surface area contributed by atoms with Crippen molar-refractivity contribution in [1.82, 2.24) is 4.90 Å². The molecule has 88 valence electrons. The maximum absolute atomic E-state index is 12.3. The lowest BCUT2D eigenvalue weighted by Gasteiger charge is -2.20. The lowest BCUT2D eigenvalue weighted by molar-refractivity contribution is 0.0764. The predicted molar refractivity (Wildman–Crippen MR) is 68.6 cm³/mol. The van der Waals surface area contributed by atoms with E-state index >= 15 is 0 Å². The van der Waals surface area contributed by atoms with E-state index in [0.29, 0.717) is 12.1 Å². The molecule has 1 unspecified atom stereocenters. The molecule has 1 aromatic carbocycles. The summed E-state index contributed by atoms with van der Waals surface area (Å²) >= 11 is 3.44. The van der Waals surface area contributed by atoms with Crippen LogP contribution in [0.15, 0.2) is 22.7 Å². The lowest BCUT2D eigenvalue weighted by atomic mass is 10.1. The third-order valence-electron chi connectivity index (χ3n) is 3.08. The van der Waals surface area contributed by atoms with E-state index in [1.807, 2.05) is 19.1 Å². The van der Waals surface area contributed by atoms with E-state index in [-0.39, 0.29) is 11.9 Å². The Balaban J connectivity index is 2.32. The summed E-state index contributed by atoms with van der Waals surface area (Å²) in [5.74, 6) is -0.0513. The fraction of sp³-hybridized carbons (Fsp3) is 0.385. The number of halogens is 1. The van der Waals surface area contributed by atoms with Crippen molar-refractivity contribution in [1.29, 1.82) is 5.26 Å². The maximum atomic E-state index is 12.3. The summed E-state index contributed by atoms with van der Waals surface area (Å²) < 4.78 is 0.827. The first-order valence-corrected chi connectivity index (χ1v) is 6.40. The number of amides is 1. The number of nitrogens with zero attached hydrogens (tertiary/aromatic N) is 2. The Labute approximate surface area is 109 Å². The number of carbonyl (C=O) groups is 1. The molecule has 1 heterocycles. The Hall–Kier alpha value is -1.34. The smallest absolute Gasteiger partial charge is 0.256 e. The van der Waals surface area contributed by atoms with Crippen LogP contribution in [0.4, 0.5) is 0 Å². The highest BCUT2D eigenvalue weighted by Gasteiger charge is 2.30. The van der Waals surface area contributed by atoms with E-state index in [4.69, 9.17) is 5.26 Å². The zero-order valence-electron chi connectivity index (χ0n) is 9.61. The molecule has 0 saturated carbocycles. The van der Waals surface area contributed by atoms with Crippen LogP contribution in [0.1, 0.15) is 28.8 Å². The average molecular weight is 293 g/mol. The van der Waals surface area contributed by atoms with Crippen LogP contribution in [0.25, 0.3) is 0 Å². The van der Waals surface area contributed by atoms with Gasteiger partial charge in [-0.2, -0.15) is 5.26 Å². The lowest BCUT2D eigenvalue weighted by Crippen LogP contribution is -2.34. The van der Waals surface area contributed by atoms with Gasteiger partial charge in [-0.25, -0.2) is 0 Å². The third kappa shape index (κ3) is 2.20. The summed E-state index contributed by atoms with van der Waals surface area (Å²) in [6, 6.07) is 7.53. The molecule has 3 nitrogen and oxygen atoms in total. The van der Waals surface area contributed by atoms with Gasteiger partial charge in [-0.15, -0.1) is 0 Å². The van der Waals surface area contributed by atoms with Crippen LogP contribution in [0.3, 0.4) is 0 Å². The molecule has 0 radical (unpaired) electrons. The van der Waals surface area contributed by atoms with Gasteiger partial charge in [0.15, 0.2) is 0 Å². The predicted octanol–water partition coefficient (Wildman–Crippen LogP) is 2.89. The van der Waals surface area contributed by atoms with Crippen LogP contribution in [-0.4, -0.2) is 23.4 Å². The third-order valence-corrected chi connectivity index (χ3v) is 4.14. The molecule has 4 heteroatoms. The summed E-state index contributed by atoms with van der Waals surface area (Å²) in [4.78, 5) is 14.0. The molecule has 1 aliphatic heterocycles. The summed E-state index contributed by atoms with van der Waals surface area (Å²) in [6.07, 6.45) is 1.69. The Bertz CT molecular complexity index is 493. The number of rotatable bonds is 1. The van der Waals surface area contributed by atoms with Crippen molar-refractivity contribution in [2.75, 3.05) is 6.54 Å². The van der Waals surface area contributed by atoms with Crippen LogP contribution in [-0.2, 0) is 0 Å². The molecule has 0 bridgehead atoms. The number of carbonyl (C=O) groups excluding carboxylic acids is 1. The van der Waals surface area contributed by atoms with Crippen molar-refractivity contribution in [2.45, 2.75) is 25.8 Å². The van der Waals surface area contributed by atoms with Crippen molar-refractivity contribution < 1.29 is 4.79 Å². The molecular weight excluding hydrogens is 280 g/mol. The molecule has 17 heavy (non-hydrogen) atoms. The highest BCUT2D eigenvalue weighted by molar-refractivity contribution is 9.10. The molecule has 1 atom stereocenters. The fourth-order valence-electron chi connectivity index (χ4n) is 2.11. The molecule has 2 rings (SSSR count). The largest absolute Gasteiger partial charge is 0.323 e. The number of aryl methyl sites for hydroxylation is 1. The van der Waals surface area contributed by atoms with Crippen LogP contribution in [0, 0.1) is 18.3 Å². The molecule has 1 aromatic rings. The SMILES string of the molecule is Cc1cccc(C(=O)N2CCCC2C#N)c1Br. The van der Waals surface area contributed by atoms with Crippen molar-refractivity contribution in [3.63, 3.8) is 0 Å². The number of benzene rings is 1. The molecule has 0 N–H and O–H groups in total. The zero-order chi connectivity index (χ0) is 12.4. The summed E-state index contributed by atoms with van der Waals surface area (Å²) in [7, 11) is 0. The molecule has 1 amide bonds. The fourth-order valence-corrected chi connectivity index (χ4v) is 2.55. The van der Waals surface area contributed by atoms with E-state index in [9.17, 15) is 4.79 Å². The van der Waals surface area contributed by atoms with E-state index in [2.05, 4.69) is 22.0 Å². The number of hydrogen-bond donors (Lipinski definition) is 0. The zero-order valence-corrected chi connectivity index (χ0v) is 11.2. The van der Waals surface area contributed by atoms with Gasteiger partial charge in [0.2, 0.25) is 0 Å². The van der Waals surface area contributed by atoms with Crippen molar-refractivity contribution in [3.05, 3.63) is 33.8 Å². The summed E-state index contributed by atoms with van der Waals surface area (Å²) in [5.41, 5.74) is 1.68. The summed E-state index contributed by atoms with van der Waals surface area (Å²) in [6.45, 7) is 2.63. The Kier molecular flexibility index (Phi) is 3.49. The first-order valence-electron chi connectivity index (χ1n) is 5.61. The van der Waals surface area contributed by atoms with Crippen molar-refractivity contribution in [2.24, 2.45) is 0 Å². The van der Waals surface area contributed by atoms with E-state index in [1.165, 1.54) is 0 Å². The van der Waals surface area contributed by atoms with Crippen LogP contribution in [0.2, 0.25) is 0 Å². The van der Waals surface area contributed by atoms with Gasteiger partial charge in [0.1, 0.15) is 6.04 Å². The number of likely N-dealkylation sites (tertiary alicyclic amines) is 1. The van der Waals surface area contributed by atoms with Crippen molar-refractivity contribution >= 4 is 21.8 Å². The number of hydrogen-bond acceptors (Lipinski definition) is 2. The Morgan fingerprint density at radius 3 is 3.06 bits per heavy atom. The summed E-state index contributed by atoms with van der Waals surface area (Å²) in [5, 5.41) is 9.00. The molecule has 0 aliphatic carbocycles. The Morgan fingerprint density at radius 2 is 2.35 bits per heavy atom. The molecular formula is C13H13BrN2O. The van der Waals surface area contributed by atoms with Crippen LogP contribution in [0.5, 0.6) is 0 Å². The minimum absolute atomic E-state index is 0.0513. The Morgan fingerprint density at radius 1 is 1.59 bits per heavy atom. The van der Waals surface area contributed by atoms with Gasteiger partial charge in [-0.05, 0) is 47.3 Å². The van der Waals surface area contributed by atoms with Gasteiger partial charge < -0.3 is 4.90 Å². The quantitative estimate of drug-likeness (QED) is 0.799. The highest BCUT2D eigenvalue weighted by Crippen LogP contribution is 2.26. The standard InChI is InChI=1S/C13H13BrN2O/c1-9-4-2-6-11(12(9)14)13(17)16-7-3-5-10(16)8-15/h2,4,6,10H,3,5,7H2,1H3. The molecule has 1 aliphatic rings. The van der Waals surface area contributed by atoms with Gasteiger partial charge in [0, 0.05) is 11.0 Å². The van der Waals surface area contributed by atoms with Gasteiger partial charge in [-0.3, -0.25) is 4.79 Å². The van der Waals surface area contributed by atoms with E-state index in [1.54, 1.807) is 11.0 Å². The second-order valence-corrected chi connectivity index (χ2v) is 5.02. The van der Waals surface area contributed by atoms with Crippen LogP contribution >= 0.6 is 15.9 Å².